The summed E-state index contributed by atoms with van der Waals surface area (Å²) < 4.78 is 0. The third kappa shape index (κ3) is 3.69. The minimum atomic E-state index is -0.452. The highest BCUT2D eigenvalue weighted by Gasteiger charge is 2.34. The smallest absolute Gasteiger partial charge is 0.236 e. The van der Waals surface area contributed by atoms with Gasteiger partial charge < -0.3 is 11.1 Å². The van der Waals surface area contributed by atoms with Gasteiger partial charge in [-0.15, -0.1) is 12.4 Å². The fourth-order valence-corrected chi connectivity index (χ4v) is 2.55. The highest BCUT2D eigenvalue weighted by atomic mass is 35.5. The molecule has 1 fully saturated rings. The van der Waals surface area contributed by atoms with Crippen molar-refractivity contribution in [1.29, 1.82) is 0 Å². The molecule has 106 valence electrons. The molecule has 4 nitrogen and oxygen atoms in total. The van der Waals surface area contributed by atoms with Crippen LogP contribution in [0.3, 0.4) is 0 Å². The number of nitrogens with zero attached hydrogens (tertiary/aromatic N) is 1. The maximum atomic E-state index is 11.7. The standard InChI is InChI=1S/C14H21N3O.ClH/c1-10(15)14(18)16-12-8-9-17(2)13(12)11-6-4-3-5-7-11;/h3-7,10,12-13H,8-9,15H2,1-2H3,(H,16,18);1H. The van der Waals surface area contributed by atoms with Crippen molar-refractivity contribution in [2.24, 2.45) is 5.73 Å². The second-order valence-electron chi connectivity index (χ2n) is 5.03. The number of carbonyl (C=O) groups is 1. The number of rotatable bonds is 3. The molecule has 1 saturated heterocycles. The molecule has 5 heteroatoms. The summed E-state index contributed by atoms with van der Waals surface area (Å²) in [6, 6.07) is 10.2. The van der Waals surface area contributed by atoms with Crippen molar-refractivity contribution in [1.82, 2.24) is 10.2 Å². The van der Waals surface area contributed by atoms with E-state index < -0.39 is 6.04 Å². The Labute approximate surface area is 120 Å². The second kappa shape index (κ2) is 6.89. The van der Waals surface area contributed by atoms with Gasteiger partial charge in [0, 0.05) is 12.6 Å². The number of likely N-dealkylation sites (tertiary alicyclic amines) is 1. The Morgan fingerprint density at radius 3 is 2.63 bits per heavy atom. The molecule has 0 spiro atoms. The molecule has 1 aromatic rings. The monoisotopic (exact) mass is 283 g/mol. The van der Waals surface area contributed by atoms with Crippen LogP contribution < -0.4 is 11.1 Å². The minimum absolute atomic E-state index is 0. The molecule has 3 unspecified atom stereocenters. The molecule has 1 amide bonds. The Hall–Kier alpha value is -1.10. The van der Waals surface area contributed by atoms with Crippen LogP contribution in [0.15, 0.2) is 30.3 Å². The van der Waals surface area contributed by atoms with Crippen molar-refractivity contribution in [2.75, 3.05) is 13.6 Å². The zero-order chi connectivity index (χ0) is 13.1. The first-order chi connectivity index (χ1) is 8.59. The Balaban J connectivity index is 0.00000180. The van der Waals surface area contributed by atoms with Gasteiger partial charge in [-0.25, -0.2) is 0 Å². The van der Waals surface area contributed by atoms with Crippen molar-refractivity contribution in [3.63, 3.8) is 0 Å². The number of nitrogens with one attached hydrogen (secondary N) is 1. The topological polar surface area (TPSA) is 58.4 Å². The molecule has 1 aliphatic rings. The fraction of sp³-hybridized carbons (Fsp3) is 0.500. The van der Waals surface area contributed by atoms with Gasteiger partial charge in [-0.1, -0.05) is 30.3 Å². The van der Waals surface area contributed by atoms with Gasteiger partial charge in [0.15, 0.2) is 0 Å². The number of nitrogens with two attached hydrogens (primary N) is 1. The van der Waals surface area contributed by atoms with E-state index in [1.165, 1.54) is 5.56 Å². The molecule has 0 aliphatic carbocycles. The second-order valence-corrected chi connectivity index (χ2v) is 5.03. The zero-order valence-electron chi connectivity index (χ0n) is 11.4. The molecule has 1 aromatic carbocycles. The van der Waals surface area contributed by atoms with E-state index in [2.05, 4.69) is 29.4 Å². The third-order valence-electron chi connectivity index (χ3n) is 3.53. The first-order valence-corrected chi connectivity index (χ1v) is 6.40. The summed E-state index contributed by atoms with van der Waals surface area (Å²) in [6.07, 6.45) is 0.967. The van der Waals surface area contributed by atoms with Crippen LogP contribution in [0, 0.1) is 0 Å². The van der Waals surface area contributed by atoms with Crippen molar-refractivity contribution in [3.05, 3.63) is 35.9 Å². The lowest BCUT2D eigenvalue weighted by atomic mass is 10.00. The maximum absolute atomic E-state index is 11.7. The number of hydrogen-bond acceptors (Lipinski definition) is 3. The molecular formula is C14H22ClN3O. The molecule has 0 saturated carbocycles. The van der Waals surface area contributed by atoms with Crippen LogP contribution >= 0.6 is 12.4 Å². The molecule has 3 atom stereocenters. The number of amides is 1. The van der Waals surface area contributed by atoms with Crippen LogP contribution in [0.5, 0.6) is 0 Å². The van der Waals surface area contributed by atoms with Crippen molar-refractivity contribution in [3.8, 4) is 0 Å². The normalized spacial score (nSPS) is 24.6. The van der Waals surface area contributed by atoms with Crippen LogP contribution in [0.2, 0.25) is 0 Å². The van der Waals surface area contributed by atoms with E-state index in [0.717, 1.165) is 13.0 Å². The summed E-state index contributed by atoms with van der Waals surface area (Å²) in [7, 11) is 2.09. The fourth-order valence-electron chi connectivity index (χ4n) is 2.55. The van der Waals surface area contributed by atoms with Gasteiger partial charge in [0.1, 0.15) is 0 Å². The van der Waals surface area contributed by atoms with Crippen molar-refractivity contribution < 1.29 is 4.79 Å². The number of carbonyl (C=O) groups excluding carboxylic acids is 1. The van der Waals surface area contributed by atoms with E-state index >= 15 is 0 Å². The first-order valence-electron chi connectivity index (χ1n) is 6.40. The summed E-state index contributed by atoms with van der Waals surface area (Å²) >= 11 is 0. The van der Waals surface area contributed by atoms with E-state index in [-0.39, 0.29) is 30.4 Å². The van der Waals surface area contributed by atoms with E-state index in [9.17, 15) is 4.79 Å². The Morgan fingerprint density at radius 1 is 1.42 bits per heavy atom. The third-order valence-corrected chi connectivity index (χ3v) is 3.53. The van der Waals surface area contributed by atoms with Crippen LogP contribution in [-0.2, 0) is 4.79 Å². The van der Waals surface area contributed by atoms with Gasteiger partial charge in [-0.05, 0) is 26.0 Å². The largest absolute Gasteiger partial charge is 0.350 e. The quantitative estimate of drug-likeness (QED) is 0.880. The van der Waals surface area contributed by atoms with Gasteiger partial charge in [0.2, 0.25) is 5.91 Å². The van der Waals surface area contributed by atoms with Gasteiger partial charge >= 0.3 is 0 Å². The summed E-state index contributed by atoms with van der Waals surface area (Å²) in [4.78, 5) is 14.0. The lowest BCUT2D eigenvalue weighted by molar-refractivity contribution is -0.122. The van der Waals surface area contributed by atoms with Crippen LogP contribution in [0.25, 0.3) is 0 Å². The summed E-state index contributed by atoms with van der Waals surface area (Å²) in [5.41, 5.74) is 6.85. The molecule has 19 heavy (non-hydrogen) atoms. The molecule has 0 radical (unpaired) electrons. The predicted molar refractivity (Wildman–Crippen MR) is 79.3 cm³/mol. The van der Waals surface area contributed by atoms with Crippen LogP contribution in [0.4, 0.5) is 0 Å². The number of benzene rings is 1. The molecule has 0 bridgehead atoms. The minimum Gasteiger partial charge on any atom is -0.350 e. The molecular weight excluding hydrogens is 262 g/mol. The maximum Gasteiger partial charge on any atom is 0.236 e. The van der Waals surface area contributed by atoms with E-state index in [4.69, 9.17) is 5.73 Å². The lowest BCUT2D eigenvalue weighted by Gasteiger charge is -2.26. The summed E-state index contributed by atoms with van der Waals surface area (Å²) in [5, 5.41) is 3.05. The molecule has 2 rings (SSSR count). The molecule has 1 aliphatic heterocycles. The average molecular weight is 284 g/mol. The highest BCUT2D eigenvalue weighted by Crippen LogP contribution is 2.30. The predicted octanol–water partition coefficient (Wildman–Crippen LogP) is 1.32. The highest BCUT2D eigenvalue weighted by molar-refractivity contribution is 5.85. The van der Waals surface area contributed by atoms with Gasteiger partial charge in [0.05, 0.1) is 12.1 Å². The number of hydrogen-bond donors (Lipinski definition) is 2. The Kier molecular flexibility index (Phi) is 5.79. The lowest BCUT2D eigenvalue weighted by Crippen LogP contribution is -2.45. The SMILES string of the molecule is CC(N)C(=O)NC1CCN(C)C1c1ccccc1.Cl. The summed E-state index contributed by atoms with van der Waals surface area (Å²) in [5.74, 6) is -0.0729. The Bertz CT molecular complexity index is 410. The van der Waals surface area contributed by atoms with Crippen molar-refractivity contribution >= 4 is 18.3 Å². The molecule has 1 heterocycles. The van der Waals surface area contributed by atoms with Gasteiger partial charge in [-0.2, -0.15) is 0 Å². The van der Waals surface area contributed by atoms with E-state index in [0.29, 0.717) is 0 Å². The Morgan fingerprint density at radius 2 is 2.05 bits per heavy atom. The number of halogens is 1. The molecule has 0 aromatic heterocycles. The van der Waals surface area contributed by atoms with Gasteiger partial charge in [0.25, 0.3) is 0 Å². The zero-order valence-corrected chi connectivity index (χ0v) is 12.2. The van der Waals surface area contributed by atoms with Gasteiger partial charge in [-0.3, -0.25) is 9.69 Å². The van der Waals surface area contributed by atoms with E-state index in [1.54, 1.807) is 6.92 Å². The van der Waals surface area contributed by atoms with Crippen molar-refractivity contribution in [2.45, 2.75) is 31.5 Å². The van der Waals surface area contributed by atoms with E-state index in [1.807, 2.05) is 18.2 Å². The van der Waals surface area contributed by atoms with Crippen LogP contribution in [0.1, 0.15) is 24.9 Å². The van der Waals surface area contributed by atoms with Crippen LogP contribution in [-0.4, -0.2) is 36.5 Å². The average Bonchev–Trinajstić information content (AvgIpc) is 2.71. The molecule has 3 N–H and O–H groups in total. The first kappa shape index (κ1) is 16.0. The summed E-state index contributed by atoms with van der Waals surface area (Å²) in [6.45, 7) is 2.70. The number of likely N-dealkylation sites (N-methyl/N-ethyl adjacent to an activating group) is 1.